The first-order chi connectivity index (χ1) is 12.1. The summed E-state index contributed by atoms with van der Waals surface area (Å²) in [5.41, 5.74) is 2.84. The molecule has 2 aliphatic heterocycles. The highest BCUT2D eigenvalue weighted by Crippen LogP contribution is 2.39. The van der Waals surface area contributed by atoms with Crippen LogP contribution < -0.4 is 0 Å². The Morgan fingerprint density at radius 3 is 2.56 bits per heavy atom. The average Bonchev–Trinajstić information content (AvgIpc) is 2.62. The maximum absolute atomic E-state index is 13.3. The Morgan fingerprint density at radius 2 is 1.80 bits per heavy atom. The molecule has 1 amide bonds. The van der Waals surface area contributed by atoms with Crippen molar-refractivity contribution in [3.8, 4) is 0 Å². The highest BCUT2D eigenvalue weighted by atomic mass is 35.5. The van der Waals surface area contributed by atoms with E-state index in [0.29, 0.717) is 23.3 Å². The zero-order valence-corrected chi connectivity index (χ0v) is 15.3. The second-order valence-corrected chi connectivity index (χ2v) is 7.44. The van der Waals surface area contributed by atoms with Crippen molar-refractivity contribution in [1.82, 2.24) is 4.90 Å². The molecule has 5 heteroatoms. The molecule has 130 valence electrons. The summed E-state index contributed by atoms with van der Waals surface area (Å²) in [5.74, 6) is 0.0877. The number of carbonyl (C=O) groups excluding carboxylic acids is 1. The van der Waals surface area contributed by atoms with Gasteiger partial charge in [0.1, 0.15) is 0 Å². The van der Waals surface area contributed by atoms with E-state index in [1.165, 1.54) is 0 Å². The minimum Gasteiger partial charge on any atom is -0.381 e. The van der Waals surface area contributed by atoms with Crippen LogP contribution in [0, 0.1) is 0 Å². The molecule has 3 nitrogen and oxygen atoms in total. The third-order valence-electron chi connectivity index (χ3n) is 5.14. The van der Waals surface area contributed by atoms with Crippen molar-refractivity contribution in [3.63, 3.8) is 0 Å². The molecule has 1 fully saturated rings. The van der Waals surface area contributed by atoms with Crippen LogP contribution in [0.4, 0.5) is 0 Å². The molecule has 1 saturated heterocycles. The first-order valence-corrected chi connectivity index (χ1v) is 9.34. The number of hydrogen-bond donors (Lipinski definition) is 0. The van der Waals surface area contributed by atoms with Crippen molar-refractivity contribution in [2.24, 2.45) is 0 Å². The fourth-order valence-corrected chi connectivity index (χ4v) is 4.44. The molecule has 2 aromatic carbocycles. The Balaban J connectivity index is 1.79. The van der Waals surface area contributed by atoms with E-state index in [0.717, 1.165) is 36.0 Å². The number of halogens is 2. The maximum Gasteiger partial charge on any atom is 0.254 e. The van der Waals surface area contributed by atoms with Gasteiger partial charge in [-0.15, -0.1) is 0 Å². The highest BCUT2D eigenvalue weighted by molar-refractivity contribution is 6.35. The number of carbonyl (C=O) groups is 1. The fraction of sp³-hybridized carbons (Fsp3) is 0.350. The molecule has 4 rings (SSSR count). The van der Waals surface area contributed by atoms with Gasteiger partial charge in [0.2, 0.25) is 0 Å². The predicted octanol–water partition coefficient (Wildman–Crippen LogP) is 4.91. The molecular formula is C20H19Cl2NO2. The van der Waals surface area contributed by atoms with Crippen LogP contribution in [-0.4, -0.2) is 30.1 Å². The van der Waals surface area contributed by atoms with E-state index in [4.69, 9.17) is 27.9 Å². The Labute approximate surface area is 157 Å². The van der Waals surface area contributed by atoms with Gasteiger partial charge in [0.15, 0.2) is 0 Å². The van der Waals surface area contributed by atoms with E-state index in [1.807, 2.05) is 41.3 Å². The fourth-order valence-electron chi connectivity index (χ4n) is 3.91. The summed E-state index contributed by atoms with van der Waals surface area (Å²) in [6, 6.07) is 13.5. The molecule has 2 heterocycles. The van der Waals surface area contributed by atoms with Crippen molar-refractivity contribution in [2.45, 2.75) is 31.3 Å². The Kier molecular flexibility index (Phi) is 4.72. The van der Waals surface area contributed by atoms with Gasteiger partial charge in [0.05, 0.1) is 6.04 Å². The lowest BCUT2D eigenvalue weighted by atomic mass is 9.87. The monoisotopic (exact) mass is 375 g/mol. The normalized spacial score (nSPS) is 21.3. The number of rotatable bonds is 2. The molecule has 2 aliphatic rings. The Bertz CT molecular complexity index is 802. The maximum atomic E-state index is 13.3. The summed E-state index contributed by atoms with van der Waals surface area (Å²) in [4.78, 5) is 15.3. The number of benzene rings is 2. The Morgan fingerprint density at radius 1 is 1.04 bits per heavy atom. The lowest BCUT2D eigenvalue weighted by molar-refractivity contribution is 0.0133. The number of fused-ring (bicyclic) bond motifs is 1. The number of amides is 1. The second kappa shape index (κ2) is 6.99. The van der Waals surface area contributed by atoms with Crippen LogP contribution in [0.25, 0.3) is 0 Å². The molecule has 2 aromatic rings. The molecule has 0 radical (unpaired) electrons. The van der Waals surface area contributed by atoms with Crippen LogP contribution >= 0.6 is 23.2 Å². The van der Waals surface area contributed by atoms with Crippen LogP contribution in [0.3, 0.4) is 0 Å². The van der Waals surface area contributed by atoms with Crippen molar-refractivity contribution < 1.29 is 9.53 Å². The van der Waals surface area contributed by atoms with Gasteiger partial charge in [-0.05, 0) is 48.6 Å². The molecule has 1 unspecified atom stereocenters. The minimum atomic E-state index is -0.0738. The summed E-state index contributed by atoms with van der Waals surface area (Å²) >= 11 is 12.6. The molecule has 1 atom stereocenters. The van der Waals surface area contributed by atoms with Crippen molar-refractivity contribution in [2.75, 3.05) is 13.2 Å². The first-order valence-electron chi connectivity index (χ1n) is 8.58. The number of ether oxygens (including phenoxy) is 1. The minimum absolute atomic E-state index is 0.0738. The SMILES string of the molecule is O=C1c2ccccc2CC(c2ccc(Cl)cc2Cl)N1C1CCOCC1. The van der Waals surface area contributed by atoms with Crippen molar-refractivity contribution in [1.29, 1.82) is 0 Å². The van der Waals surface area contributed by atoms with Gasteiger partial charge in [-0.25, -0.2) is 0 Å². The zero-order valence-electron chi connectivity index (χ0n) is 13.8. The lowest BCUT2D eigenvalue weighted by Crippen LogP contribution is -2.48. The van der Waals surface area contributed by atoms with Crippen LogP contribution in [-0.2, 0) is 11.2 Å². The van der Waals surface area contributed by atoms with Crippen LogP contribution in [0.5, 0.6) is 0 Å². The van der Waals surface area contributed by atoms with E-state index < -0.39 is 0 Å². The summed E-state index contributed by atoms with van der Waals surface area (Å²) in [6.45, 7) is 1.38. The molecular weight excluding hydrogens is 357 g/mol. The summed E-state index contributed by atoms with van der Waals surface area (Å²) in [5, 5.41) is 1.22. The largest absolute Gasteiger partial charge is 0.381 e. The standard InChI is InChI=1S/C20H19Cl2NO2/c21-14-5-6-17(18(22)12-14)19-11-13-3-1-2-4-16(13)20(24)23(19)15-7-9-25-10-8-15/h1-6,12,15,19H,7-11H2. The molecule has 0 saturated carbocycles. The smallest absolute Gasteiger partial charge is 0.254 e. The van der Waals surface area contributed by atoms with Crippen LogP contribution in [0.15, 0.2) is 42.5 Å². The van der Waals surface area contributed by atoms with E-state index >= 15 is 0 Å². The predicted molar refractivity (Wildman–Crippen MR) is 99.4 cm³/mol. The quantitative estimate of drug-likeness (QED) is 0.745. The second-order valence-electron chi connectivity index (χ2n) is 6.60. The number of nitrogens with zero attached hydrogens (tertiary/aromatic N) is 1. The molecule has 0 aliphatic carbocycles. The van der Waals surface area contributed by atoms with Gasteiger partial charge in [-0.3, -0.25) is 4.79 Å². The van der Waals surface area contributed by atoms with E-state index in [1.54, 1.807) is 6.07 Å². The van der Waals surface area contributed by atoms with Crippen molar-refractivity contribution in [3.05, 3.63) is 69.2 Å². The van der Waals surface area contributed by atoms with Crippen LogP contribution in [0.1, 0.15) is 40.4 Å². The molecule has 0 aromatic heterocycles. The van der Waals surface area contributed by atoms with Crippen molar-refractivity contribution >= 4 is 29.1 Å². The number of hydrogen-bond acceptors (Lipinski definition) is 2. The third-order valence-corrected chi connectivity index (χ3v) is 5.70. The molecule has 0 bridgehead atoms. The van der Waals surface area contributed by atoms with Gasteiger partial charge in [0.25, 0.3) is 5.91 Å². The molecule has 0 spiro atoms. The van der Waals surface area contributed by atoms with Crippen LogP contribution in [0.2, 0.25) is 10.0 Å². The van der Waals surface area contributed by atoms with Gasteiger partial charge in [-0.1, -0.05) is 47.5 Å². The topological polar surface area (TPSA) is 29.5 Å². The van der Waals surface area contributed by atoms with Gasteiger partial charge in [0, 0.05) is 34.9 Å². The first kappa shape index (κ1) is 16.9. The Hall–Kier alpha value is -1.55. The van der Waals surface area contributed by atoms with E-state index in [2.05, 4.69) is 0 Å². The third kappa shape index (κ3) is 3.17. The summed E-state index contributed by atoms with van der Waals surface area (Å²) < 4.78 is 5.49. The summed E-state index contributed by atoms with van der Waals surface area (Å²) in [7, 11) is 0. The van der Waals surface area contributed by atoms with Gasteiger partial charge >= 0.3 is 0 Å². The zero-order chi connectivity index (χ0) is 17.4. The highest BCUT2D eigenvalue weighted by Gasteiger charge is 2.38. The summed E-state index contributed by atoms with van der Waals surface area (Å²) in [6.07, 6.45) is 2.48. The molecule has 0 N–H and O–H groups in total. The van der Waals surface area contributed by atoms with E-state index in [-0.39, 0.29) is 18.0 Å². The lowest BCUT2D eigenvalue weighted by Gasteiger charge is -2.43. The van der Waals surface area contributed by atoms with Gasteiger partial charge in [-0.2, -0.15) is 0 Å². The van der Waals surface area contributed by atoms with Gasteiger partial charge < -0.3 is 9.64 Å². The average molecular weight is 376 g/mol. The van der Waals surface area contributed by atoms with E-state index in [9.17, 15) is 4.79 Å². The molecule has 25 heavy (non-hydrogen) atoms.